The van der Waals surface area contributed by atoms with E-state index < -0.39 is 47.5 Å². The maximum Gasteiger partial charge on any atom is 0.310 e. The zero-order valence-electron chi connectivity index (χ0n) is 13.0. The van der Waals surface area contributed by atoms with Gasteiger partial charge < -0.3 is 18.9 Å². The smallest absolute Gasteiger partial charge is 0.310 e. The molecule has 0 radical (unpaired) electrons. The third kappa shape index (κ3) is 3.37. The molecule has 124 valence electrons. The van der Waals surface area contributed by atoms with Crippen molar-refractivity contribution in [1.82, 2.24) is 0 Å². The molecule has 8 heteroatoms. The van der Waals surface area contributed by atoms with E-state index >= 15 is 0 Å². The van der Waals surface area contributed by atoms with Gasteiger partial charge in [-0.2, -0.15) is 0 Å². The van der Waals surface area contributed by atoms with Crippen LogP contribution in [0.3, 0.4) is 0 Å². The van der Waals surface area contributed by atoms with Gasteiger partial charge in [-0.05, 0) is 12.8 Å². The second-order valence-corrected chi connectivity index (χ2v) is 4.93. The second kappa shape index (κ2) is 7.77. The van der Waals surface area contributed by atoms with Crippen LogP contribution in [0.5, 0.6) is 0 Å². The number of carbonyl (C=O) groups excluding carboxylic acids is 4. The van der Waals surface area contributed by atoms with Gasteiger partial charge in [-0.1, -0.05) is 0 Å². The lowest BCUT2D eigenvalue weighted by Crippen LogP contribution is -2.49. The molecule has 0 N–H and O–H groups in total. The van der Waals surface area contributed by atoms with Crippen molar-refractivity contribution in [3.05, 3.63) is 0 Å². The molecular formula is C14H20O8. The summed E-state index contributed by atoms with van der Waals surface area (Å²) in [5.41, 5.74) is 0. The Morgan fingerprint density at radius 2 is 0.864 bits per heavy atom. The summed E-state index contributed by atoms with van der Waals surface area (Å²) < 4.78 is 18.8. The predicted molar refractivity (Wildman–Crippen MR) is 71.3 cm³/mol. The van der Waals surface area contributed by atoms with Crippen molar-refractivity contribution in [2.75, 3.05) is 28.4 Å². The summed E-state index contributed by atoms with van der Waals surface area (Å²) in [6.45, 7) is 0. The molecule has 1 rings (SSSR count). The van der Waals surface area contributed by atoms with Crippen molar-refractivity contribution in [2.24, 2.45) is 23.7 Å². The van der Waals surface area contributed by atoms with Gasteiger partial charge in [0.05, 0.1) is 52.1 Å². The Labute approximate surface area is 128 Å². The molecule has 4 atom stereocenters. The average Bonchev–Trinajstić information content (AvgIpc) is 2.57. The van der Waals surface area contributed by atoms with E-state index in [9.17, 15) is 19.2 Å². The van der Waals surface area contributed by atoms with Gasteiger partial charge in [0.25, 0.3) is 0 Å². The van der Waals surface area contributed by atoms with Crippen LogP contribution in [0, 0.1) is 23.7 Å². The van der Waals surface area contributed by atoms with Crippen LogP contribution >= 0.6 is 0 Å². The molecule has 0 saturated heterocycles. The van der Waals surface area contributed by atoms with E-state index in [2.05, 4.69) is 9.47 Å². The van der Waals surface area contributed by atoms with Crippen LogP contribution < -0.4 is 0 Å². The summed E-state index contributed by atoms with van der Waals surface area (Å²) in [5, 5.41) is 0. The fourth-order valence-corrected chi connectivity index (χ4v) is 2.94. The van der Waals surface area contributed by atoms with E-state index in [4.69, 9.17) is 9.47 Å². The summed E-state index contributed by atoms with van der Waals surface area (Å²) in [4.78, 5) is 48.0. The molecule has 0 aromatic heterocycles. The van der Waals surface area contributed by atoms with Gasteiger partial charge in [0, 0.05) is 0 Å². The number of ether oxygens (including phenoxy) is 4. The normalized spacial score (nSPS) is 27.5. The van der Waals surface area contributed by atoms with Crippen LogP contribution in [0.2, 0.25) is 0 Å². The van der Waals surface area contributed by atoms with Crippen LogP contribution in [0.15, 0.2) is 0 Å². The lowest BCUT2D eigenvalue weighted by molar-refractivity contribution is -0.177. The van der Waals surface area contributed by atoms with Gasteiger partial charge in [0.2, 0.25) is 0 Å². The lowest BCUT2D eigenvalue weighted by atomic mass is 9.66. The molecule has 0 amide bonds. The van der Waals surface area contributed by atoms with Crippen molar-refractivity contribution in [2.45, 2.75) is 12.8 Å². The number of carbonyl (C=O) groups is 4. The van der Waals surface area contributed by atoms with Crippen LogP contribution in [-0.2, 0) is 38.1 Å². The Balaban J connectivity index is 3.28. The van der Waals surface area contributed by atoms with Gasteiger partial charge >= 0.3 is 23.9 Å². The molecule has 1 aliphatic carbocycles. The minimum absolute atomic E-state index is 0.208. The third-order valence-corrected chi connectivity index (χ3v) is 4.00. The predicted octanol–water partition coefficient (Wildman–Crippen LogP) is -0.0630. The quantitative estimate of drug-likeness (QED) is 0.524. The van der Waals surface area contributed by atoms with Crippen LogP contribution in [0.25, 0.3) is 0 Å². The Morgan fingerprint density at radius 3 is 1.09 bits per heavy atom. The fourth-order valence-electron chi connectivity index (χ4n) is 2.94. The molecule has 0 aliphatic heterocycles. The topological polar surface area (TPSA) is 105 Å². The van der Waals surface area contributed by atoms with Crippen molar-refractivity contribution >= 4 is 23.9 Å². The number of hydrogen-bond donors (Lipinski definition) is 0. The van der Waals surface area contributed by atoms with Gasteiger partial charge in [0.15, 0.2) is 0 Å². The molecule has 0 spiro atoms. The Hall–Kier alpha value is -2.12. The Kier molecular flexibility index (Phi) is 6.33. The zero-order valence-corrected chi connectivity index (χ0v) is 13.0. The highest BCUT2D eigenvalue weighted by molar-refractivity contribution is 5.91. The zero-order chi connectivity index (χ0) is 16.9. The van der Waals surface area contributed by atoms with Crippen molar-refractivity contribution in [3.8, 4) is 0 Å². The first-order valence-electron chi connectivity index (χ1n) is 6.74. The largest absolute Gasteiger partial charge is 0.469 e. The standard InChI is InChI=1S/C14H20O8/c1-19-11(15)7-5-6-8(12(16)20-2)10(14(18)22-4)9(7)13(17)21-3/h7-10H,5-6H2,1-4H3. The second-order valence-electron chi connectivity index (χ2n) is 4.93. The van der Waals surface area contributed by atoms with Crippen molar-refractivity contribution in [3.63, 3.8) is 0 Å². The number of esters is 4. The summed E-state index contributed by atoms with van der Waals surface area (Å²) >= 11 is 0. The molecular weight excluding hydrogens is 296 g/mol. The fraction of sp³-hybridized carbons (Fsp3) is 0.714. The molecule has 0 aromatic rings. The first kappa shape index (κ1) is 17.9. The highest BCUT2D eigenvalue weighted by Crippen LogP contribution is 2.41. The van der Waals surface area contributed by atoms with Gasteiger partial charge in [0.1, 0.15) is 0 Å². The molecule has 0 aromatic carbocycles. The number of hydrogen-bond acceptors (Lipinski definition) is 8. The molecule has 22 heavy (non-hydrogen) atoms. The van der Waals surface area contributed by atoms with E-state index in [1.165, 1.54) is 14.2 Å². The summed E-state index contributed by atoms with van der Waals surface area (Å²) in [6.07, 6.45) is 0.416. The maximum atomic E-state index is 12.1. The average molecular weight is 316 g/mol. The molecule has 1 aliphatic rings. The van der Waals surface area contributed by atoms with Crippen LogP contribution in [0.4, 0.5) is 0 Å². The highest BCUT2D eigenvalue weighted by atomic mass is 16.5. The third-order valence-electron chi connectivity index (χ3n) is 4.00. The van der Waals surface area contributed by atoms with Crippen molar-refractivity contribution in [1.29, 1.82) is 0 Å². The van der Waals surface area contributed by atoms with Gasteiger partial charge in [-0.25, -0.2) is 0 Å². The minimum Gasteiger partial charge on any atom is -0.469 e. The first-order valence-corrected chi connectivity index (χ1v) is 6.74. The van der Waals surface area contributed by atoms with Gasteiger partial charge in [-0.15, -0.1) is 0 Å². The molecule has 1 fully saturated rings. The van der Waals surface area contributed by atoms with E-state index in [1.54, 1.807) is 0 Å². The van der Waals surface area contributed by atoms with Gasteiger partial charge in [-0.3, -0.25) is 19.2 Å². The minimum atomic E-state index is -1.15. The summed E-state index contributed by atoms with van der Waals surface area (Å²) in [5.74, 6) is -6.84. The van der Waals surface area contributed by atoms with E-state index in [1.807, 2.05) is 0 Å². The van der Waals surface area contributed by atoms with Crippen molar-refractivity contribution < 1.29 is 38.1 Å². The Morgan fingerprint density at radius 1 is 0.591 bits per heavy atom. The maximum absolute atomic E-state index is 12.1. The number of rotatable bonds is 4. The molecule has 1 saturated carbocycles. The molecule has 8 nitrogen and oxygen atoms in total. The Bertz CT molecular complexity index is 416. The SMILES string of the molecule is COC(=O)C1CCC(C(=O)OC)C(C(=O)OC)C1C(=O)OC. The highest BCUT2D eigenvalue weighted by Gasteiger charge is 2.53. The van der Waals surface area contributed by atoms with Crippen LogP contribution in [-0.4, -0.2) is 52.3 Å². The number of methoxy groups -OCH3 is 4. The summed E-state index contributed by atoms with van der Waals surface area (Å²) in [7, 11) is 4.67. The van der Waals surface area contributed by atoms with E-state index in [-0.39, 0.29) is 12.8 Å². The molecule has 0 bridgehead atoms. The first-order chi connectivity index (χ1) is 10.4. The molecule has 0 heterocycles. The monoisotopic (exact) mass is 316 g/mol. The van der Waals surface area contributed by atoms with Crippen LogP contribution in [0.1, 0.15) is 12.8 Å². The summed E-state index contributed by atoms with van der Waals surface area (Å²) in [6, 6.07) is 0. The van der Waals surface area contributed by atoms with E-state index in [0.717, 1.165) is 14.2 Å². The van der Waals surface area contributed by atoms with E-state index in [0.29, 0.717) is 0 Å². The lowest BCUT2D eigenvalue weighted by Gasteiger charge is -2.37. The molecule has 4 unspecified atom stereocenters.